The average molecular weight is 417 g/mol. The van der Waals surface area contributed by atoms with Crippen molar-refractivity contribution in [3.63, 3.8) is 0 Å². The van der Waals surface area contributed by atoms with Crippen LogP contribution in [0.25, 0.3) is 11.4 Å². The Bertz CT molecular complexity index is 1090. The van der Waals surface area contributed by atoms with Crippen LogP contribution in [-0.4, -0.2) is 55.2 Å². The molecule has 4 rings (SSSR count). The van der Waals surface area contributed by atoms with E-state index in [0.29, 0.717) is 25.1 Å². The van der Waals surface area contributed by atoms with Crippen molar-refractivity contribution in [3.8, 4) is 11.4 Å². The predicted octanol–water partition coefficient (Wildman–Crippen LogP) is 0.586. The molecular formula is C18H23N7O3S. The first-order chi connectivity index (χ1) is 13.8. The number of rotatable bonds is 5. The Morgan fingerprint density at radius 2 is 2.07 bits per heavy atom. The lowest BCUT2D eigenvalue weighted by Gasteiger charge is -2.32. The Morgan fingerprint density at radius 3 is 2.76 bits per heavy atom. The van der Waals surface area contributed by atoms with E-state index in [1.54, 1.807) is 24.1 Å². The van der Waals surface area contributed by atoms with Crippen molar-refractivity contribution in [2.75, 3.05) is 0 Å². The van der Waals surface area contributed by atoms with Crippen LogP contribution < -0.4 is 4.72 Å². The molecule has 1 aliphatic carbocycles. The molecule has 1 saturated carbocycles. The highest BCUT2D eigenvalue weighted by molar-refractivity contribution is 7.89. The molecule has 154 valence electrons. The van der Waals surface area contributed by atoms with Gasteiger partial charge < -0.3 is 5.11 Å². The van der Waals surface area contributed by atoms with E-state index in [4.69, 9.17) is 0 Å². The lowest BCUT2D eigenvalue weighted by Crippen LogP contribution is -2.46. The Balaban J connectivity index is 1.54. The molecule has 0 aliphatic heterocycles. The third-order valence-corrected chi connectivity index (χ3v) is 6.64. The standard InChI is InChI=1S/C18H23N7O3S/c1-24-11-14(10-20-24)29(27,28)23-15-8-12(5-6-16(15)26)18-21-17(22-25(18)2)13-4-3-7-19-9-13/h3-4,7,9-12,15-16,23,26H,5-6,8H2,1-2H3/t12-,15+,16+/m0/s1. The van der Waals surface area contributed by atoms with Crippen LogP contribution >= 0.6 is 0 Å². The molecule has 3 aromatic rings. The molecule has 1 aliphatic rings. The highest BCUT2D eigenvalue weighted by atomic mass is 32.2. The van der Waals surface area contributed by atoms with Gasteiger partial charge in [-0.2, -0.15) is 10.2 Å². The molecule has 3 atom stereocenters. The van der Waals surface area contributed by atoms with E-state index in [9.17, 15) is 13.5 Å². The molecule has 0 radical (unpaired) electrons. The summed E-state index contributed by atoms with van der Waals surface area (Å²) in [6.45, 7) is 0. The van der Waals surface area contributed by atoms with Gasteiger partial charge in [-0.25, -0.2) is 18.1 Å². The van der Waals surface area contributed by atoms with Crippen molar-refractivity contribution >= 4 is 10.0 Å². The quantitative estimate of drug-likeness (QED) is 0.622. The number of sulfonamides is 1. The van der Waals surface area contributed by atoms with Crippen LogP contribution in [0.15, 0.2) is 41.8 Å². The molecule has 3 aromatic heterocycles. The molecule has 11 heteroatoms. The number of aliphatic hydroxyl groups excluding tert-OH is 1. The van der Waals surface area contributed by atoms with E-state index in [-0.39, 0.29) is 10.8 Å². The summed E-state index contributed by atoms with van der Waals surface area (Å²) in [5, 5.41) is 18.8. The van der Waals surface area contributed by atoms with E-state index in [1.165, 1.54) is 17.1 Å². The minimum Gasteiger partial charge on any atom is -0.391 e. The van der Waals surface area contributed by atoms with Crippen molar-refractivity contribution < 1.29 is 13.5 Å². The Labute approximate surface area is 168 Å². The maximum atomic E-state index is 12.6. The zero-order chi connectivity index (χ0) is 20.6. The minimum absolute atomic E-state index is 0.0251. The molecule has 2 N–H and O–H groups in total. The third-order valence-electron chi connectivity index (χ3n) is 5.19. The first kappa shape index (κ1) is 19.7. The van der Waals surface area contributed by atoms with Gasteiger partial charge in [0.05, 0.1) is 12.3 Å². The summed E-state index contributed by atoms with van der Waals surface area (Å²) < 4.78 is 31.1. The first-order valence-corrected chi connectivity index (χ1v) is 10.8. The number of aryl methyl sites for hydroxylation is 2. The molecule has 0 unspecified atom stereocenters. The van der Waals surface area contributed by atoms with E-state index in [0.717, 1.165) is 11.4 Å². The fourth-order valence-electron chi connectivity index (χ4n) is 3.69. The fraction of sp³-hybridized carbons (Fsp3) is 0.444. The molecule has 0 aromatic carbocycles. The van der Waals surface area contributed by atoms with Gasteiger partial charge in [-0.05, 0) is 31.4 Å². The molecule has 0 saturated heterocycles. The number of aliphatic hydroxyl groups is 1. The molecule has 1 fully saturated rings. The van der Waals surface area contributed by atoms with Crippen LogP contribution in [0.3, 0.4) is 0 Å². The highest BCUT2D eigenvalue weighted by Crippen LogP contribution is 2.33. The van der Waals surface area contributed by atoms with Crippen LogP contribution in [0.4, 0.5) is 0 Å². The summed E-state index contributed by atoms with van der Waals surface area (Å²) in [6.07, 6.45) is 6.95. The molecule has 3 heterocycles. The maximum Gasteiger partial charge on any atom is 0.244 e. The van der Waals surface area contributed by atoms with Gasteiger partial charge in [0.1, 0.15) is 10.7 Å². The summed E-state index contributed by atoms with van der Waals surface area (Å²) in [6, 6.07) is 3.10. The highest BCUT2D eigenvalue weighted by Gasteiger charge is 2.35. The molecule has 0 bridgehead atoms. The average Bonchev–Trinajstić information content (AvgIpc) is 3.31. The lowest BCUT2D eigenvalue weighted by atomic mass is 9.83. The molecule has 0 amide bonds. The van der Waals surface area contributed by atoms with Crippen molar-refractivity contribution in [2.24, 2.45) is 14.1 Å². The van der Waals surface area contributed by atoms with Gasteiger partial charge in [0, 0.05) is 50.2 Å². The van der Waals surface area contributed by atoms with Crippen LogP contribution in [-0.2, 0) is 24.1 Å². The lowest BCUT2D eigenvalue weighted by molar-refractivity contribution is 0.0916. The van der Waals surface area contributed by atoms with E-state index < -0.39 is 22.2 Å². The number of hydrogen-bond donors (Lipinski definition) is 2. The number of hydrogen-bond acceptors (Lipinski definition) is 7. The van der Waals surface area contributed by atoms with Crippen LogP contribution in [0.2, 0.25) is 0 Å². The van der Waals surface area contributed by atoms with Crippen LogP contribution in [0.5, 0.6) is 0 Å². The predicted molar refractivity (Wildman–Crippen MR) is 104 cm³/mol. The van der Waals surface area contributed by atoms with Gasteiger partial charge in [0.2, 0.25) is 10.0 Å². The molecule has 29 heavy (non-hydrogen) atoms. The van der Waals surface area contributed by atoms with E-state index in [2.05, 4.69) is 24.9 Å². The summed E-state index contributed by atoms with van der Waals surface area (Å²) in [5.41, 5.74) is 0.819. The van der Waals surface area contributed by atoms with Gasteiger partial charge in [-0.1, -0.05) is 0 Å². The van der Waals surface area contributed by atoms with Gasteiger partial charge in [-0.15, -0.1) is 0 Å². The van der Waals surface area contributed by atoms with Gasteiger partial charge in [-0.3, -0.25) is 14.3 Å². The third kappa shape index (κ3) is 4.07. The van der Waals surface area contributed by atoms with Crippen LogP contribution in [0.1, 0.15) is 31.0 Å². The monoisotopic (exact) mass is 417 g/mol. The van der Waals surface area contributed by atoms with Crippen molar-refractivity contribution in [1.82, 2.24) is 34.3 Å². The maximum absolute atomic E-state index is 12.6. The molecule has 10 nitrogen and oxygen atoms in total. The van der Waals surface area contributed by atoms with Crippen molar-refractivity contribution in [1.29, 1.82) is 0 Å². The minimum atomic E-state index is -3.77. The largest absolute Gasteiger partial charge is 0.391 e. The number of aromatic nitrogens is 6. The zero-order valence-corrected chi connectivity index (χ0v) is 17.0. The molecular weight excluding hydrogens is 394 g/mol. The number of nitrogens with one attached hydrogen (secondary N) is 1. The van der Waals surface area contributed by atoms with E-state index >= 15 is 0 Å². The van der Waals surface area contributed by atoms with Gasteiger partial charge >= 0.3 is 0 Å². The Hall–Kier alpha value is -2.63. The zero-order valence-electron chi connectivity index (χ0n) is 16.2. The Kier molecular flexibility index (Phi) is 5.19. The number of nitrogens with zero attached hydrogens (tertiary/aromatic N) is 6. The number of pyridine rings is 1. The fourth-order valence-corrected chi connectivity index (χ4v) is 4.96. The summed E-state index contributed by atoms with van der Waals surface area (Å²) >= 11 is 0. The van der Waals surface area contributed by atoms with Crippen LogP contribution in [0, 0.1) is 0 Å². The second kappa shape index (κ2) is 7.65. The summed E-state index contributed by atoms with van der Waals surface area (Å²) in [7, 11) is -0.297. The normalized spacial score (nSPS) is 22.7. The second-order valence-corrected chi connectivity index (χ2v) is 9.03. The Morgan fingerprint density at radius 1 is 1.24 bits per heavy atom. The van der Waals surface area contributed by atoms with E-state index in [1.807, 2.05) is 19.2 Å². The molecule has 0 spiro atoms. The van der Waals surface area contributed by atoms with Gasteiger partial charge in [0.25, 0.3) is 0 Å². The van der Waals surface area contributed by atoms with Crippen molar-refractivity contribution in [3.05, 3.63) is 42.7 Å². The summed E-state index contributed by atoms with van der Waals surface area (Å²) in [4.78, 5) is 8.84. The first-order valence-electron chi connectivity index (χ1n) is 9.34. The summed E-state index contributed by atoms with van der Waals surface area (Å²) in [5.74, 6) is 1.32. The topological polar surface area (TPSA) is 128 Å². The SMILES string of the molecule is Cn1cc(S(=O)(=O)N[C@@H]2C[C@@H](c3nc(-c4cccnc4)nn3C)CC[C@H]2O)cn1. The smallest absolute Gasteiger partial charge is 0.244 e. The van der Waals surface area contributed by atoms with Crippen molar-refractivity contribution in [2.45, 2.75) is 42.2 Å². The van der Waals surface area contributed by atoms with Gasteiger partial charge in [0.15, 0.2) is 5.82 Å². The second-order valence-electron chi connectivity index (χ2n) is 7.31.